The van der Waals surface area contributed by atoms with Crippen molar-refractivity contribution in [3.63, 3.8) is 0 Å². The molecule has 1 saturated heterocycles. The van der Waals surface area contributed by atoms with Gasteiger partial charge in [0.25, 0.3) is 5.91 Å². The first-order chi connectivity index (χ1) is 18.5. The van der Waals surface area contributed by atoms with Gasteiger partial charge < -0.3 is 9.47 Å². The Balaban J connectivity index is 1.40. The number of thioether (sulfide) groups is 1. The first kappa shape index (κ1) is 26.0. The highest BCUT2D eigenvalue weighted by molar-refractivity contribution is 9.10. The molecule has 0 bridgehead atoms. The third kappa shape index (κ3) is 5.47. The standard InChI is InChI=1S/C30H24BrFN2O3S/c1-3-34-29(35)27(38-30(34)33-23-13-11-22(32)12-14-23)17-19-15-25(31)28(26(16-19)36-2)37-18-21-9-6-8-20-7-4-5-10-24(20)21/h4-17H,3,18H2,1-2H3/b27-17-,33-30?. The molecule has 4 aromatic rings. The number of fused-ring (bicyclic) bond motifs is 1. The first-order valence-corrected chi connectivity index (χ1v) is 13.6. The summed E-state index contributed by atoms with van der Waals surface area (Å²) >= 11 is 4.91. The highest BCUT2D eigenvalue weighted by Crippen LogP contribution is 2.40. The van der Waals surface area contributed by atoms with E-state index in [0.717, 1.165) is 21.9 Å². The summed E-state index contributed by atoms with van der Waals surface area (Å²) in [6, 6.07) is 24.0. The van der Waals surface area contributed by atoms with Gasteiger partial charge in [0.05, 0.1) is 22.2 Å². The second kappa shape index (κ2) is 11.4. The zero-order valence-electron chi connectivity index (χ0n) is 20.8. The molecule has 0 radical (unpaired) electrons. The number of hydrogen-bond acceptors (Lipinski definition) is 5. The molecule has 1 amide bonds. The van der Waals surface area contributed by atoms with Crippen LogP contribution in [0.3, 0.4) is 0 Å². The minimum atomic E-state index is -0.332. The van der Waals surface area contributed by atoms with Crippen LogP contribution in [0.25, 0.3) is 16.8 Å². The Hall–Kier alpha value is -3.62. The normalized spacial score (nSPS) is 15.6. The third-order valence-corrected chi connectivity index (χ3v) is 7.65. The van der Waals surface area contributed by atoms with Crippen molar-refractivity contribution in [2.75, 3.05) is 13.7 Å². The van der Waals surface area contributed by atoms with Gasteiger partial charge in [0.1, 0.15) is 12.4 Å². The van der Waals surface area contributed by atoms with Crippen molar-refractivity contribution in [2.24, 2.45) is 4.99 Å². The number of aliphatic imine (C=N–C) groups is 1. The Bertz CT molecular complexity index is 1560. The predicted molar refractivity (Wildman–Crippen MR) is 155 cm³/mol. The summed E-state index contributed by atoms with van der Waals surface area (Å²) in [6.07, 6.45) is 1.81. The van der Waals surface area contributed by atoms with Crippen molar-refractivity contribution in [1.29, 1.82) is 0 Å². The molecule has 4 aromatic carbocycles. The summed E-state index contributed by atoms with van der Waals surface area (Å²) in [5.41, 5.74) is 2.43. The number of likely N-dealkylation sites (N-methyl/N-ethyl adjacent to an activating group) is 1. The van der Waals surface area contributed by atoms with E-state index in [1.54, 1.807) is 24.1 Å². The Morgan fingerprint density at radius 2 is 1.82 bits per heavy atom. The van der Waals surface area contributed by atoms with E-state index in [9.17, 15) is 9.18 Å². The molecule has 0 aromatic heterocycles. The molecule has 0 unspecified atom stereocenters. The number of carbonyl (C=O) groups excluding carboxylic acids is 1. The van der Waals surface area contributed by atoms with Crippen LogP contribution in [0.1, 0.15) is 18.1 Å². The summed E-state index contributed by atoms with van der Waals surface area (Å²) in [6.45, 7) is 2.74. The molecule has 1 heterocycles. The van der Waals surface area contributed by atoms with Crippen LogP contribution in [0, 0.1) is 5.82 Å². The van der Waals surface area contributed by atoms with Gasteiger partial charge in [0, 0.05) is 6.54 Å². The Kier molecular flexibility index (Phi) is 7.81. The number of ether oxygens (including phenoxy) is 2. The highest BCUT2D eigenvalue weighted by Gasteiger charge is 2.32. The average molecular weight is 592 g/mol. The summed E-state index contributed by atoms with van der Waals surface area (Å²) in [4.78, 5) is 19.8. The number of nitrogens with zero attached hydrogens (tertiary/aromatic N) is 2. The van der Waals surface area contributed by atoms with Crippen LogP contribution >= 0.6 is 27.7 Å². The Morgan fingerprint density at radius 1 is 1.05 bits per heavy atom. The van der Waals surface area contributed by atoms with Gasteiger partial charge in [-0.05, 0) is 99.0 Å². The van der Waals surface area contributed by atoms with E-state index in [4.69, 9.17) is 9.47 Å². The quantitative estimate of drug-likeness (QED) is 0.205. The zero-order valence-corrected chi connectivity index (χ0v) is 23.2. The molecule has 8 heteroatoms. The van der Waals surface area contributed by atoms with Crippen LogP contribution < -0.4 is 9.47 Å². The molecule has 1 fully saturated rings. The largest absolute Gasteiger partial charge is 0.493 e. The van der Waals surface area contributed by atoms with Crippen LogP contribution in [0.5, 0.6) is 11.5 Å². The van der Waals surface area contributed by atoms with Gasteiger partial charge in [0.15, 0.2) is 16.7 Å². The highest BCUT2D eigenvalue weighted by atomic mass is 79.9. The fourth-order valence-corrected chi connectivity index (χ4v) is 5.82. The maximum atomic E-state index is 13.3. The molecular weight excluding hydrogens is 567 g/mol. The summed E-state index contributed by atoms with van der Waals surface area (Å²) in [5.74, 6) is 0.669. The molecule has 5 rings (SSSR count). The van der Waals surface area contributed by atoms with Crippen molar-refractivity contribution < 1.29 is 18.7 Å². The molecule has 1 aliphatic heterocycles. The predicted octanol–water partition coefficient (Wildman–Crippen LogP) is 7.95. The Morgan fingerprint density at radius 3 is 2.58 bits per heavy atom. The van der Waals surface area contributed by atoms with E-state index in [-0.39, 0.29) is 11.7 Å². The lowest BCUT2D eigenvalue weighted by molar-refractivity contribution is -0.122. The fraction of sp³-hybridized carbons (Fsp3) is 0.133. The number of rotatable bonds is 7. The summed E-state index contributed by atoms with van der Waals surface area (Å²) < 4.78 is 25.8. The number of carbonyl (C=O) groups is 1. The van der Waals surface area contributed by atoms with Gasteiger partial charge in [-0.15, -0.1) is 0 Å². The second-order valence-corrected chi connectivity index (χ2v) is 10.4. The number of benzene rings is 4. The number of amides is 1. The molecule has 0 aliphatic carbocycles. The molecule has 1 aliphatic rings. The molecule has 5 nitrogen and oxygen atoms in total. The summed E-state index contributed by atoms with van der Waals surface area (Å²) in [5, 5.41) is 2.85. The van der Waals surface area contributed by atoms with Crippen molar-refractivity contribution in [1.82, 2.24) is 4.90 Å². The van der Waals surface area contributed by atoms with Crippen molar-refractivity contribution >= 4 is 61.3 Å². The molecule has 0 saturated carbocycles. The number of halogens is 2. The number of hydrogen-bond donors (Lipinski definition) is 0. The van der Waals surface area contributed by atoms with Gasteiger partial charge in [-0.1, -0.05) is 42.5 Å². The van der Waals surface area contributed by atoms with E-state index in [0.29, 0.717) is 44.9 Å². The Labute approximate surface area is 233 Å². The van der Waals surface area contributed by atoms with E-state index in [2.05, 4.69) is 45.2 Å². The maximum absolute atomic E-state index is 13.3. The van der Waals surface area contributed by atoms with Crippen LogP contribution in [-0.2, 0) is 11.4 Å². The van der Waals surface area contributed by atoms with E-state index < -0.39 is 0 Å². The lowest BCUT2D eigenvalue weighted by Gasteiger charge is -2.15. The van der Waals surface area contributed by atoms with Gasteiger partial charge >= 0.3 is 0 Å². The van der Waals surface area contributed by atoms with E-state index >= 15 is 0 Å². The number of methoxy groups -OCH3 is 1. The second-order valence-electron chi connectivity index (χ2n) is 8.49. The SMILES string of the molecule is CCN1C(=O)/C(=C/c2cc(Br)c(OCc3cccc4ccccc34)c(OC)c2)SC1=Nc1ccc(F)cc1. The van der Waals surface area contributed by atoms with Gasteiger partial charge in [-0.2, -0.15) is 0 Å². The minimum Gasteiger partial charge on any atom is -0.493 e. The maximum Gasteiger partial charge on any atom is 0.266 e. The lowest BCUT2D eigenvalue weighted by atomic mass is 10.1. The lowest BCUT2D eigenvalue weighted by Crippen LogP contribution is -2.28. The van der Waals surface area contributed by atoms with Crippen LogP contribution in [-0.4, -0.2) is 29.6 Å². The molecule has 192 valence electrons. The fourth-order valence-electron chi connectivity index (χ4n) is 4.18. The molecular formula is C30H24BrFN2O3S. The molecule has 0 N–H and O–H groups in total. The molecule has 38 heavy (non-hydrogen) atoms. The van der Waals surface area contributed by atoms with Crippen LogP contribution in [0.15, 0.2) is 93.2 Å². The van der Waals surface area contributed by atoms with Crippen molar-refractivity contribution in [2.45, 2.75) is 13.5 Å². The topological polar surface area (TPSA) is 51.1 Å². The smallest absolute Gasteiger partial charge is 0.266 e. The average Bonchev–Trinajstić information content (AvgIpc) is 3.22. The third-order valence-electron chi connectivity index (χ3n) is 6.06. The number of amidine groups is 1. The van der Waals surface area contributed by atoms with Gasteiger partial charge in [-0.3, -0.25) is 9.69 Å². The van der Waals surface area contributed by atoms with Crippen molar-refractivity contribution in [3.05, 3.63) is 105 Å². The van der Waals surface area contributed by atoms with E-state index in [1.807, 2.05) is 43.3 Å². The van der Waals surface area contributed by atoms with E-state index in [1.165, 1.54) is 23.9 Å². The molecule has 0 spiro atoms. The van der Waals surface area contributed by atoms with Gasteiger partial charge in [0.2, 0.25) is 0 Å². The summed E-state index contributed by atoms with van der Waals surface area (Å²) in [7, 11) is 1.59. The molecule has 0 atom stereocenters. The zero-order chi connectivity index (χ0) is 26.6. The first-order valence-electron chi connectivity index (χ1n) is 12.0. The van der Waals surface area contributed by atoms with Crippen molar-refractivity contribution in [3.8, 4) is 11.5 Å². The minimum absolute atomic E-state index is 0.135. The monoisotopic (exact) mass is 590 g/mol. The van der Waals surface area contributed by atoms with Crippen LogP contribution in [0.4, 0.5) is 10.1 Å². The van der Waals surface area contributed by atoms with Crippen LogP contribution in [0.2, 0.25) is 0 Å². The van der Waals surface area contributed by atoms with Gasteiger partial charge in [-0.25, -0.2) is 9.38 Å².